The van der Waals surface area contributed by atoms with E-state index in [-0.39, 0.29) is 42.4 Å². The van der Waals surface area contributed by atoms with Gasteiger partial charge in [-0.1, -0.05) is 51.2 Å². The summed E-state index contributed by atoms with van der Waals surface area (Å²) in [5, 5.41) is 20.6. The fourth-order valence-electron chi connectivity index (χ4n) is 3.82. The van der Waals surface area contributed by atoms with E-state index in [2.05, 4.69) is 11.7 Å². The number of methoxy groups -OCH3 is 1. The Hall–Kier alpha value is -0.910. The van der Waals surface area contributed by atoms with Crippen LogP contribution in [-0.4, -0.2) is 40.8 Å². The molecule has 4 atom stereocenters. The minimum Gasteiger partial charge on any atom is -0.469 e. The van der Waals surface area contributed by atoms with Crippen LogP contribution < -0.4 is 0 Å². The van der Waals surface area contributed by atoms with Crippen LogP contribution in [0.15, 0.2) is 12.2 Å². The van der Waals surface area contributed by atoms with Gasteiger partial charge in [-0.3, -0.25) is 9.59 Å². The number of carbonyl (C=O) groups excluding carboxylic acids is 2. The number of hydrogen-bond acceptors (Lipinski definition) is 5. The summed E-state index contributed by atoms with van der Waals surface area (Å²) >= 11 is 0. The molecule has 1 aliphatic rings. The van der Waals surface area contributed by atoms with E-state index >= 15 is 0 Å². The molecule has 28 heavy (non-hydrogen) atoms. The summed E-state index contributed by atoms with van der Waals surface area (Å²) in [5.74, 6) is -0.305. The second-order valence-electron chi connectivity index (χ2n) is 8.18. The second-order valence-corrected chi connectivity index (χ2v) is 8.18. The maximum atomic E-state index is 12.2. The Morgan fingerprint density at radius 1 is 1.25 bits per heavy atom. The number of ether oxygens (including phenoxy) is 1. The number of rotatable bonds is 13. The molecule has 0 spiro atoms. The molecule has 1 unspecified atom stereocenters. The molecular formula is C22H39ClO5. The van der Waals surface area contributed by atoms with E-state index in [1.807, 2.05) is 19.1 Å². The fourth-order valence-corrected chi connectivity index (χ4v) is 3.82. The zero-order valence-corrected chi connectivity index (χ0v) is 18.5. The number of aliphatic hydroxyl groups is 2. The first kappa shape index (κ1) is 27.1. The van der Waals surface area contributed by atoms with Gasteiger partial charge in [0.2, 0.25) is 0 Å². The van der Waals surface area contributed by atoms with Gasteiger partial charge in [0.15, 0.2) is 0 Å². The van der Waals surface area contributed by atoms with Crippen LogP contribution in [-0.2, 0) is 14.3 Å². The third-order valence-electron chi connectivity index (χ3n) is 5.59. The molecule has 1 saturated carbocycles. The molecule has 1 fully saturated rings. The van der Waals surface area contributed by atoms with Crippen LogP contribution >= 0.6 is 12.4 Å². The predicted octanol–water partition coefficient (Wildman–Crippen LogP) is 4.38. The van der Waals surface area contributed by atoms with Gasteiger partial charge in [0.1, 0.15) is 5.78 Å². The standard InChI is InChI=1S/C22H38O5.ClH/c1-4-5-14-22(2,26)15-10-12-18-17(19(23)16-20(18)24)11-8-6-7-9-13-21(25)27-3;/h10,12,17-18,20,24,26H,4-9,11,13-16H2,1-3H3;1H/b12-10+;/t17-,18-,20-,22?;/m1./s1. The monoisotopic (exact) mass is 418 g/mol. The van der Waals surface area contributed by atoms with Crippen molar-refractivity contribution in [3.05, 3.63) is 12.2 Å². The molecule has 1 rings (SSSR count). The molecule has 2 N–H and O–H groups in total. The lowest BCUT2D eigenvalue weighted by Crippen LogP contribution is -2.23. The Morgan fingerprint density at radius 2 is 1.93 bits per heavy atom. The summed E-state index contributed by atoms with van der Waals surface area (Å²) in [6.45, 7) is 3.95. The molecule has 1 aliphatic carbocycles. The van der Waals surface area contributed by atoms with Crippen molar-refractivity contribution < 1.29 is 24.5 Å². The van der Waals surface area contributed by atoms with Gasteiger partial charge >= 0.3 is 5.97 Å². The molecule has 0 aromatic carbocycles. The summed E-state index contributed by atoms with van der Waals surface area (Å²) in [4.78, 5) is 23.3. The van der Waals surface area contributed by atoms with E-state index in [4.69, 9.17) is 0 Å². The van der Waals surface area contributed by atoms with Gasteiger partial charge in [0, 0.05) is 24.7 Å². The van der Waals surface area contributed by atoms with Crippen LogP contribution in [0.4, 0.5) is 0 Å². The Labute approximate surface area is 176 Å². The van der Waals surface area contributed by atoms with Crippen molar-refractivity contribution >= 4 is 24.2 Å². The van der Waals surface area contributed by atoms with Crippen LogP contribution in [0.5, 0.6) is 0 Å². The van der Waals surface area contributed by atoms with Gasteiger partial charge in [-0.2, -0.15) is 0 Å². The highest BCUT2D eigenvalue weighted by molar-refractivity contribution is 5.85. The Morgan fingerprint density at radius 3 is 2.57 bits per heavy atom. The molecule has 164 valence electrons. The van der Waals surface area contributed by atoms with Gasteiger partial charge in [0.25, 0.3) is 0 Å². The van der Waals surface area contributed by atoms with Crippen molar-refractivity contribution in [1.29, 1.82) is 0 Å². The molecule has 0 aromatic heterocycles. The van der Waals surface area contributed by atoms with E-state index in [1.54, 1.807) is 0 Å². The smallest absolute Gasteiger partial charge is 0.305 e. The average Bonchev–Trinajstić information content (AvgIpc) is 2.89. The molecule has 0 amide bonds. The summed E-state index contributed by atoms with van der Waals surface area (Å²) in [6, 6.07) is 0. The summed E-state index contributed by atoms with van der Waals surface area (Å²) < 4.78 is 4.62. The van der Waals surface area contributed by atoms with E-state index in [9.17, 15) is 19.8 Å². The lowest BCUT2D eigenvalue weighted by atomic mass is 9.87. The third kappa shape index (κ3) is 10.0. The largest absolute Gasteiger partial charge is 0.469 e. The van der Waals surface area contributed by atoms with Gasteiger partial charge in [-0.05, 0) is 32.6 Å². The van der Waals surface area contributed by atoms with Crippen molar-refractivity contribution in [1.82, 2.24) is 0 Å². The highest BCUT2D eigenvalue weighted by Gasteiger charge is 2.39. The van der Waals surface area contributed by atoms with Crippen molar-refractivity contribution in [2.24, 2.45) is 11.8 Å². The Bertz CT molecular complexity index is 489. The SMILES string of the molecule is CCCCC(C)(O)C/C=C/[C@H]1[C@H](O)CC(=O)[C@@H]1CCCCCCC(=O)OC.Cl. The minimum atomic E-state index is -0.727. The molecule has 6 heteroatoms. The first-order valence-corrected chi connectivity index (χ1v) is 10.5. The second kappa shape index (κ2) is 14.1. The zero-order chi connectivity index (χ0) is 20.3. The summed E-state index contributed by atoms with van der Waals surface area (Å²) in [7, 11) is 1.40. The lowest BCUT2D eigenvalue weighted by Gasteiger charge is -2.22. The molecule has 5 nitrogen and oxygen atoms in total. The van der Waals surface area contributed by atoms with Crippen molar-refractivity contribution in [3.8, 4) is 0 Å². The number of aliphatic hydroxyl groups excluding tert-OH is 1. The summed E-state index contributed by atoms with van der Waals surface area (Å²) in [6.07, 6.45) is 11.7. The first-order chi connectivity index (χ1) is 12.8. The molecular weight excluding hydrogens is 380 g/mol. The molecule has 0 radical (unpaired) electrons. The van der Waals surface area contributed by atoms with Gasteiger partial charge < -0.3 is 14.9 Å². The lowest BCUT2D eigenvalue weighted by molar-refractivity contribution is -0.140. The first-order valence-electron chi connectivity index (χ1n) is 10.5. The highest BCUT2D eigenvalue weighted by atomic mass is 35.5. The maximum Gasteiger partial charge on any atom is 0.305 e. The van der Waals surface area contributed by atoms with Gasteiger partial charge in [-0.25, -0.2) is 0 Å². The molecule has 0 heterocycles. The minimum absolute atomic E-state index is 0. The highest BCUT2D eigenvalue weighted by Crippen LogP contribution is 2.34. The van der Waals surface area contributed by atoms with Gasteiger partial charge in [-0.15, -0.1) is 12.4 Å². The Kier molecular flexibility index (Phi) is 13.7. The fraction of sp³-hybridized carbons (Fsp3) is 0.818. The number of carbonyl (C=O) groups is 2. The Balaban J connectivity index is 0.00000729. The van der Waals surface area contributed by atoms with E-state index in [0.29, 0.717) is 12.8 Å². The van der Waals surface area contributed by atoms with Crippen LogP contribution in [0.2, 0.25) is 0 Å². The number of unbranched alkanes of at least 4 members (excludes halogenated alkanes) is 4. The topological polar surface area (TPSA) is 83.8 Å². The maximum absolute atomic E-state index is 12.2. The zero-order valence-electron chi connectivity index (χ0n) is 17.7. The van der Waals surface area contributed by atoms with Crippen molar-refractivity contribution in [3.63, 3.8) is 0 Å². The molecule has 0 aromatic rings. The third-order valence-corrected chi connectivity index (χ3v) is 5.59. The average molecular weight is 419 g/mol. The predicted molar refractivity (Wildman–Crippen MR) is 113 cm³/mol. The summed E-state index contributed by atoms with van der Waals surface area (Å²) in [5.41, 5.74) is -0.727. The van der Waals surface area contributed by atoms with Crippen LogP contribution in [0, 0.1) is 11.8 Å². The number of esters is 1. The number of hydrogen-bond donors (Lipinski definition) is 2. The quantitative estimate of drug-likeness (QED) is 0.263. The van der Waals surface area contributed by atoms with Crippen molar-refractivity contribution in [2.75, 3.05) is 7.11 Å². The molecule has 0 bridgehead atoms. The number of halogens is 1. The number of Topliss-reactive ketones (excluding diaryl/α,β-unsaturated/α-hetero) is 1. The van der Waals surface area contributed by atoms with Crippen LogP contribution in [0.1, 0.15) is 84.5 Å². The van der Waals surface area contributed by atoms with Crippen LogP contribution in [0.25, 0.3) is 0 Å². The van der Waals surface area contributed by atoms with E-state index in [0.717, 1.165) is 51.4 Å². The van der Waals surface area contributed by atoms with Crippen LogP contribution in [0.3, 0.4) is 0 Å². The van der Waals surface area contributed by atoms with Gasteiger partial charge in [0.05, 0.1) is 18.8 Å². The van der Waals surface area contributed by atoms with Crippen molar-refractivity contribution in [2.45, 2.75) is 96.2 Å². The number of ketones is 1. The van der Waals surface area contributed by atoms with E-state index in [1.165, 1.54) is 7.11 Å². The molecule has 0 aliphatic heterocycles. The molecule has 0 saturated heterocycles. The normalized spacial score (nSPS) is 24.2. The van der Waals surface area contributed by atoms with E-state index < -0.39 is 11.7 Å².